The summed E-state index contributed by atoms with van der Waals surface area (Å²) < 4.78 is 5.54. The molecule has 1 N–H and O–H groups in total. The summed E-state index contributed by atoms with van der Waals surface area (Å²) in [5.41, 5.74) is 3.03. The molecule has 2 aromatic rings. The number of hydrogen-bond acceptors (Lipinski definition) is 4. The van der Waals surface area contributed by atoms with Crippen LogP contribution in [0.2, 0.25) is 0 Å². The van der Waals surface area contributed by atoms with Crippen LogP contribution < -0.4 is 10.1 Å². The molecule has 0 saturated carbocycles. The minimum Gasteiger partial charge on any atom is -0.494 e. The monoisotopic (exact) mass is 257 g/mol. The van der Waals surface area contributed by atoms with Gasteiger partial charge in [-0.3, -0.25) is 0 Å². The van der Waals surface area contributed by atoms with Crippen LogP contribution in [0.5, 0.6) is 5.75 Å². The van der Waals surface area contributed by atoms with Crippen molar-refractivity contribution in [2.24, 2.45) is 0 Å². The number of hydrogen-bond donors (Lipinski definition) is 1. The highest BCUT2D eigenvalue weighted by Gasteiger charge is 2.10. The first-order valence-corrected chi connectivity index (χ1v) is 6.42. The normalized spacial score (nSPS) is 10.3. The molecule has 0 atom stereocenters. The van der Waals surface area contributed by atoms with Crippen molar-refractivity contribution in [3.05, 3.63) is 35.7 Å². The summed E-state index contributed by atoms with van der Waals surface area (Å²) >= 11 is 0. The average molecular weight is 257 g/mol. The third kappa shape index (κ3) is 2.84. The van der Waals surface area contributed by atoms with Gasteiger partial charge in [-0.1, -0.05) is 12.1 Å². The van der Waals surface area contributed by atoms with E-state index in [2.05, 4.69) is 15.3 Å². The molecule has 0 fully saturated rings. The molecule has 1 heterocycles. The molecule has 0 aliphatic heterocycles. The van der Waals surface area contributed by atoms with Gasteiger partial charge in [0.15, 0.2) is 0 Å². The highest BCUT2D eigenvalue weighted by Crippen LogP contribution is 2.28. The average Bonchev–Trinajstić information content (AvgIpc) is 2.41. The highest BCUT2D eigenvalue weighted by molar-refractivity contribution is 5.69. The van der Waals surface area contributed by atoms with Crippen LogP contribution in [-0.2, 0) is 0 Å². The van der Waals surface area contributed by atoms with Crippen molar-refractivity contribution in [2.75, 3.05) is 19.0 Å². The minimum atomic E-state index is 0.660. The van der Waals surface area contributed by atoms with E-state index in [4.69, 9.17) is 4.74 Å². The number of rotatable bonds is 4. The number of anilines is 1. The Kier molecular flexibility index (Phi) is 4.00. The molecule has 0 amide bonds. The Morgan fingerprint density at radius 3 is 2.68 bits per heavy atom. The Morgan fingerprint density at radius 2 is 2.00 bits per heavy atom. The molecule has 100 valence electrons. The van der Waals surface area contributed by atoms with Crippen molar-refractivity contribution in [1.29, 1.82) is 0 Å². The van der Waals surface area contributed by atoms with Gasteiger partial charge in [-0.2, -0.15) is 0 Å². The predicted octanol–water partition coefficient (Wildman–Crippen LogP) is 3.20. The molecule has 0 aliphatic rings. The Balaban J connectivity index is 2.52. The van der Waals surface area contributed by atoms with E-state index in [1.54, 1.807) is 0 Å². The van der Waals surface area contributed by atoms with Crippen LogP contribution in [0.25, 0.3) is 11.3 Å². The van der Waals surface area contributed by atoms with Gasteiger partial charge in [0.25, 0.3) is 0 Å². The summed E-state index contributed by atoms with van der Waals surface area (Å²) in [5.74, 6) is 2.48. The van der Waals surface area contributed by atoms with Crippen molar-refractivity contribution >= 4 is 5.82 Å². The molecule has 4 nitrogen and oxygen atoms in total. The molecule has 0 bridgehead atoms. The molecule has 19 heavy (non-hydrogen) atoms. The lowest BCUT2D eigenvalue weighted by Gasteiger charge is -2.12. The molecule has 1 aromatic heterocycles. The summed E-state index contributed by atoms with van der Waals surface area (Å²) in [5, 5.41) is 3.10. The quantitative estimate of drug-likeness (QED) is 0.913. The van der Waals surface area contributed by atoms with Crippen LogP contribution in [-0.4, -0.2) is 23.6 Å². The number of aryl methyl sites for hydroxylation is 1. The SMILES string of the molecule is CCOc1cccc(-c2nc(C)nc(NC)c2C)c1. The van der Waals surface area contributed by atoms with Gasteiger partial charge >= 0.3 is 0 Å². The maximum atomic E-state index is 5.54. The molecule has 2 rings (SSSR count). The summed E-state index contributed by atoms with van der Waals surface area (Å²) in [4.78, 5) is 8.93. The zero-order chi connectivity index (χ0) is 13.8. The summed E-state index contributed by atoms with van der Waals surface area (Å²) in [6.07, 6.45) is 0. The number of nitrogens with zero attached hydrogens (tertiary/aromatic N) is 2. The molecular weight excluding hydrogens is 238 g/mol. The number of ether oxygens (including phenoxy) is 1. The first kappa shape index (κ1) is 13.3. The summed E-state index contributed by atoms with van der Waals surface area (Å²) in [7, 11) is 1.87. The van der Waals surface area contributed by atoms with Gasteiger partial charge in [0.05, 0.1) is 12.3 Å². The van der Waals surface area contributed by atoms with Crippen molar-refractivity contribution in [3.8, 4) is 17.0 Å². The Bertz CT molecular complexity index is 582. The first-order valence-electron chi connectivity index (χ1n) is 6.42. The lowest BCUT2D eigenvalue weighted by Crippen LogP contribution is -2.02. The maximum Gasteiger partial charge on any atom is 0.132 e. The first-order chi connectivity index (χ1) is 9.15. The zero-order valence-electron chi connectivity index (χ0n) is 11.8. The van der Waals surface area contributed by atoms with Crippen LogP contribution in [0.3, 0.4) is 0 Å². The number of aromatic nitrogens is 2. The van der Waals surface area contributed by atoms with Gasteiger partial charge in [0.2, 0.25) is 0 Å². The van der Waals surface area contributed by atoms with Gasteiger partial charge in [-0.25, -0.2) is 9.97 Å². The summed E-state index contributed by atoms with van der Waals surface area (Å²) in [6.45, 7) is 6.56. The van der Waals surface area contributed by atoms with Crippen LogP contribution in [0.1, 0.15) is 18.3 Å². The molecule has 0 spiro atoms. The van der Waals surface area contributed by atoms with E-state index < -0.39 is 0 Å². The second kappa shape index (κ2) is 5.69. The maximum absolute atomic E-state index is 5.54. The van der Waals surface area contributed by atoms with E-state index in [9.17, 15) is 0 Å². The van der Waals surface area contributed by atoms with E-state index in [-0.39, 0.29) is 0 Å². The van der Waals surface area contributed by atoms with Gasteiger partial charge in [0, 0.05) is 18.2 Å². The fourth-order valence-electron chi connectivity index (χ4n) is 2.05. The number of nitrogens with one attached hydrogen (secondary N) is 1. The Labute approximate surface area is 113 Å². The van der Waals surface area contributed by atoms with E-state index in [0.29, 0.717) is 6.61 Å². The van der Waals surface area contributed by atoms with E-state index >= 15 is 0 Å². The number of benzene rings is 1. The van der Waals surface area contributed by atoms with Crippen molar-refractivity contribution in [2.45, 2.75) is 20.8 Å². The lowest BCUT2D eigenvalue weighted by atomic mass is 10.1. The fourth-order valence-corrected chi connectivity index (χ4v) is 2.05. The van der Waals surface area contributed by atoms with Crippen LogP contribution in [0.15, 0.2) is 24.3 Å². The molecule has 4 heteroatoms. The smallest absolute Gasteiger partial charge is 0.132 e. The fraction of sp³-hybridized carbons (Fsp3) is 0.333. The Morgan fingerprint density at radius 1 is 1.21 bits per heavy atom. The van der Waals surface area contributed by atoms with Crippen LogP contribution in [0.4, 0.5) is 5.82 Å². The Hall–Kier alpha value is -2.10. The van der Waals surface area contributed by atoms with Crippen molar-refractivity contribution in [3.63, 3.8) is 0 Å². The zero-order valence-corrected chi connectivity index (χ0v) is 11.8. The van der Waals surface area contributed by atoms with Crippen LogP contribution in [0, 0.1) is 13.8 Å². The lowest BCUT2D eigenvalue weighted by molar-refractivity contribution is 0.340. The molecular formula is C15H19N3O. The summed E-state index contributed by atoms with van der Waals surface area (Å²) in [6, 6.07) is 7.99. The molecule has 0 unspecified atom stereocenters. The second-order valence-corrected chi connectivity index (χ2v) is 4.30. The van der Waals surface area contributed by atoms with Crippen LogP contribution >= 0.6 is 0 Å². The van der Waals surface area contributed by atoms with Crippen molar-refractivity contribution < 1.29 is 4.74 Å². The highest BCUT2D eigenvalue weighted by atomic mass is 16.5. The second-order valence-electron chi connectivity index (χ2n) is 4.30. The molecule has 0 saturated heterocycles. The van der Waals surface area contributed by atoms with E-state index in [1.165, 1.54) is 0 Å². The largest absolute Gasteiger partial charge is 0.494 e. The predicted molar refractivity (Wildman–Crippen MR) is 77.7 cm³/mol. The van der Waals surface area contributed by atoms with Crippen molar-refractivity contribution in [1.82, 2.24) is 9.97 Å². The topological polar surface area (TPSA) is 47.0 Å². The standard InChI is InChI=1S/C15H19N3O/c1-5-19-13-8-6-7-12(9-13)14-10(2)15(16-4)18-11(3)17-14/h6-9H,5H2,1-4H3,(H,16,17,18). The van der Waals surface area contributed by atoms with Gasteiger partial charge < -0.3 is 10.1 Å². The minimum absolute atomic E-state index is 0.660. The van der Waals surface area contributed by atoms with E-state index in [0.717, 1.165) is 34.2 Å². The van der Waals surface area contributed by atoms with E-state index in [1.807, 2.05) is 52.1 Å². The molecule has 0 aliphatic carbocycles. The molecule has 0 radical (unpaired) electrons. The van der Waals surface area contributed by atoms with Gasteiger partial charge in [-0.05, 0) is 32.9 Å². The molecule has 1 aromatic carbocycles. The third-order valence-electron chi connectivity index (χ3n) is 2.91. The van der Waals surface area contributed by atoms with Gasteiger partial charge in [0.1, 0.15) is 17.4 Å². The third-order valence-corrected chi connectivity index (χ3v) is 2.91. The van der Waals surface area contributed by atoms with Gasteiger partial charge in [-0.15, -0.1) is 0 Å².